The van der Waals surface area contributed by atoms with Crippen molar-refractivity contribution in [2.75, 3.05) is 0 Å². The Morgan fingerprint density at radius 1 is 1.24 bits per heavy atom. The van der Waals surface area contributed by atoms with Crippen LogP contribution in [0, 0.1) is 6.92 Å². The molecule has 1 aliphatic carbocycles. The summed E-state index contributed by atoms with van der Waals surface area (Å²) in [5.74, 6) is 0. The van der Waals surface area contributed by atoms with Crippen LogP contribution in [0.4, 0.5) is 0 Å². The summed E-state index contributed by atoms with van der Waals surface area (Å²) in [5, 5.41) is 0. The number of imidazole rings is 1. The molecule has 5 heteroatoms. The average molecular weight is 283 g/mol. The molecule has 2 aromatic rings. The zero-order valence-electron chi connectivity index (χ0n) is 11.9. The van der Waals surface area contributed by atoms with Crippen LogP contribution in [0.25, 0.3) is 5.69 Å². The Kier molecular flexibility index (Phi) is 3.35. The Bertz CT molecular complexity index is 743. The highest BCUT2D eigenvalue weighted by atomic mass is 16.1. The Hall–Kier alpha value is -2.39. The first-order valence-electron chi connectivity index (χ1n) is 7.13. The van der Waals surface area contributed by atoms with Crippen LogP contribution in [-0.2, 0) is 10.3 Å². The molecule has 1 aromatic heterocycles. The Labute approximate surface area is 122 Å². The number of aliphatic imine (C=N–C) groups is 1. The third kappa shape index (κ3) is 2.26. The van der Waals surface area contributed by atoms with Gasteiger partial charge in [0.15, 0.2) is 0 Å². The minimum atomic E-state index is -0.418. The van der Waals surface area contributed by atoms with Gasteiger partial charge < -0.3 is 4.98 Å². The van der Waals surface area contributed by atoms with E-state index in [1.165, 1.54) is 0 Å². The van der Waals surface area contributed by atoms with Crippen LogP contribution in [0.15, 0.2) is 40.2 Å². The monoisotopic (exact) mass is 283 g/mol. The molecule has 1 N–H and O–H groups in total. The molecule has 108 valence electrons. The van der Waals surface area contributed by atoms with E-state index in [-0.39, 0.29) is 5.69 Å². The van der Waals surface area contributed by atoms with Gasteiger partial charge in [0.1, 0.15) is 0 Å². The summed E-state index contributed by atoms with van der Waals surface area (Å²) in [4.78, 5) is 29.3. The van der Waals surface area contributed by atoms with E-state index in [9.17, 15) is 9.59 Å². The van der Waals surface area contributed by atoms with Gasteiger partial charge in [0.25, 0.3) is 0 Å². The first-order chi connectivity index (χ1) is 10.2. The van der Waals surface area contributed by atoms with Crippen molar-refractivity contribution in [1.82, 2.24) is 9.55 Å². The number of hydrogen-bond acceptors (Lipinski definition) is 3. The summed E-state index contributed by atoms with van der Waals surface area (Å²) in [6.45, 7) is 1.88. The maximum absolute atomic E-state index is 11.8. The lowest BCUT2D eigenvalue weighted by atomic mass is 9.89. The first kappa shape index (κ1) is 13.6. The first-order valence-corrected chi connectivity index (χ1v) is 7.13. The Balaban J connectivity index is 2.01. The molecule has 0 atom stereocenters. The second-order valence-corrected chi connectivity index (χ2v) is 5.56. The SMILES string of the molecule is Cc1c[nH]c(=O)n1-c1ccc(C2(N=C=O)CCCC2)cc1. The second-order valence-electron chi connectivity index (χ2n) is 5.56. The van der Waals surface area contributed by atoms with Gasteiger partial charge in [0.05, 0.1) is 11.2 Å². The molecule has 0 amide bonds. The molecule has 1 aliphatic rings. The van der Waals surface area contributed by atoms with Gasteiger partial charge in [-0.2, -0.15) is 4.99 Å². The van der Waals surface area contributed by atoms with Gasteiger partial charge in [-0.1, -0.05) is 25.0 Å². The fourth-order valence-corrected chi connectivity index (χ4v) is 3.21. The van der Waals surface area contributed by atoms with Crippen LogP contribution in [-0.4, -0.2) is 15.6 Å². The van der Waals surface area contributed by atoms with Crippen molar-refractivity contribution in [2.45, 2.75) is 38.1 Å². The third-order valence-electron chi connectivity index (χ3n) is 4.31. The lowest BCUT2D eigenvalue weighted by molar-refractivity contribution is 0.456. The number of aromatic nitrogens is 2. The van der Waals surface area contributed by atoms with Crippen LogP contribution >= 0.6 is 0 Å². The van der Waals surface area contributed by atoms with Crippen LogP contribution in [0.5, 0.6) is 0 Å². The molecule has 3 rings (SSSR count). The zero-order valence-corrected chi connectivity index (χ0v) is 11.9. The predicted molar refractivity (Wildman–Crippen MR) is 79.4 cm³/mol. The number of aryl methyl sites for hydroxylation is 1. The van der Waals surface area contributed by atoms with E-state index in [1.54, 1.807) is 16.8 Å². The van der Waals surface area contributed by atoms with Crippen molar-refractivity contribution in [2.24, 2.45) is 4.99 Å². The molecule has 0 spiro atoms. The third-order valence-corrected chi connectivity index (χ3v) is 4.31. The molecule has 1 fully saturated rings. The molecular formula is C16H17N3O2. The van der Waals surface area contributed by atoms with Crippen molar-refractivity contribution in [3.05, 3.63) is 52.2 Å². The minimum Gasteiger partial charge on any atom is -0.312 e. The zero-order chi connectivity index (χ0) is 14.9. The van der Waals surface area contributed by atoms with Crippen molar-refractivity contribution < 1.29 is 4.79 Å². The van der Waals surface area contributed by atoms with Gasteiger partial charge >= 0.3 is 5.69 Å². The van der Waals surface area contributed by atoms with E-state index in [4.69, 9.17) is 0 Å². The van der Waals surface area contributed by atoms with E-state index in [0.29, 0.717) is 0 Å². The quantitative estimate of drug-likeness (QED) is 0.695. The summed E-state index contributed by atoms with van der Waals surface area (Å²) in [5.41, 5.74) is 2.12. The van der Waals surface area contributed by atoms with Gasteiger partial charge in [-0.25, -0.2) is 9.59 Å². The second kappa shape index (κ2) is 5.19. The summed E-state index contributed by atoms with van der Waals surface area (Å²) in [7, 11) is 0. The van der Waals surface area contributed by atoms with Gasteiger partial charge in [-0.15, -0.1) is 0 Å². The van der Waals surface area contributed by atoms with E-state index in [1.807, 2.05) is 31.2 Å². The van der Waals surface area contributed by atoms with Crippen molar-refractivity contribution in [3.63, 3.8) is 0 Å². The smallest absolute Gasteiger partial charge is 0.312 e. The molecule has 1 heterocycles. The number of isocyanates is 1. The number of nitrogens with one attached hydrogen (secondary N) is 1. The molecule has 5 nitrogen and oxygen atoms in total. The summed E-state index contributed by atoms with van der Waals surface area (Å²) >= 11 is 0. The molecule has 0 bridgehead atoms. The lowest BCUT2D eigenvalue weighted by Crippen LogP contribution is -2.20. The van der Waals surface area contributed by atoms with Gasteiger partial charge in [0.2, 0.25) is 6.08 Å². The number of benzene rings is 1. The van der Waals surface area contributed by atoms with Crippen molar-refractivity contribution >= 4 is 6.08 Å². The topological polar surface area (TPSA) is 67.2 Å². The minimum absolute atomic E-state index is 0.151. The van der Waals surface area contributed by atoms with Crippen LogP contribution < -0.4 is 5.69 Å². The molecule has 0 unspecified atom stereocenters. The van der Waals surface area contributed by atoms with Crippen molar-refractivity contribution in [1.29, 1.82) is 0 Å². The molecule has 1 aromatic carbocycles. The molecule has 1 saturated carbocycles. The highest BCUT2D eigenvalue weighted by Crippen LogP contribution is 2.42. The van der Waals surface area contributed by atoms with E-state index < -0.39 is 5.54 Å². The molecule has 21 heavy (non-hydrogen) atoms. The Morgan fingerprint density at radius 2 is 1.90 bits per heavy atom. The Morgan fingerprint density at radius 3 is 2.43 bits per heavy atom. The number of carbonyl (C=O) groups excluding carboxylic acids is 1. The lowest BCUT2D eigenvalue weighted by Gasteiger charge is -2.23. The van der Waals surface area contributed by atoms with E-state index in [0.717, 1.165) is 42.6 Å². The van der Waals surface area contributed by atoms with Crippen LogP contribution in [0.2, 0.25) is 0 Å². The highest BCUT2D eigenvalue weighted by molar-refractivity contribution is 5.42. The van der Waals surface area contributed by atoms with E-state index >= 15 is 0 Å². The summed E-state index contributed by atoms with van der Waals surface area (Å²) in [6.07, 6.45) is 7.31. The normalized spacial score (nSPS) is 16.6. The number of hydrogen-bond donors (Lipinski definition) is 1. The largest absolute Gasteiger partial charge is 0.330 e. The fraction of sp³-hybridized carbons (Fsp3) is 0.375. The standard InChI is InChI=1S/C16H17N3O2/c1-12-10-17-15(21)19(12)14-6-4-13(5-7-14)16(18-11-20)8-2-3-9-16/h4-7,10H,2-3,8-9H2,1H3,(H,17,21). The van der Waals surface area contributed by atoms with E-state index in [2.05, 4.69) is 9.98 Å². The maximum Gasteiger partial charge on any atom is 0.330 e. The molecule has 0 radical (unpaired) electrons. The van der Waals surface area contributed by atoms with Gasteiger partial charge in [-0.3, -0.25) is 4.57 Å². The molecule has 0 aliphatic heterocycles. The maximum atomic E-state index is 11.8. The summed E-state index contributed by atoms with van der Waals surface area (Å²) in [6, 6.07) is 7.72. The number of rotatable bonds is 3. The number of nitrogens with zero attached hydrogens (tertiary/aromatic N) is 2. The van der Waals surface area contributed by atoms with Crippen LogP contribution in [0.1, 0.15) is 36.9 Å². The highest BCUT2D eigenvalue weighted by Gasteiger charge is 2.35. The average Bonchev–Trinajstić information content (AvgIpc) is 3.08. The fourth-order valence-electron chi connectivity index (χ4n) is 3.21. The predicted octanol–water partition coefficient (Wildman–Crippen LogP) is 2.58. The van der Waals surface area contributed by atoms with Gasteiger partial charge in [0, 0.05) is 11.9 Å². The molecule has 0 saturated heterocycles. The number of aromatic amines is 1. The van der Waals surface area contributed by atoms with Crippen molar-refractivity contribution in [3.8, 4) is 5.69 Å². The number of H-pyrrole nitrogens is 1. The van der Waals surface area contributed by atoms with Crippen LogP contribution in [0.3, 0.4) is 0 Å². The summed E-state index contributed by atoms with van der Waals surface area (Å²) < 4.78 is 1.62. The van der Waals surface area contributed by atoms with Gasteiger partial charge in [-0.05, 0) is 37.5 Å². The molecular weight excluding hydrogens is 266 g/mol.